The molecule has 1 aromatic carbocycles. The van der Waals surface area contributed by atoms with Crippen LogP contribution in [0.1, 0.15) is 30.3 Å². The minimum absolute atomic E-state index is 0.00962. The second kappa shape index (κ2) is 7.57. The lowest BCUT2D eigenvalue weighted by atomic mass is 10.0. The summed E-state index contributed by atoms with van der Waals surface area (Å²) in [6.07, 6.45) is 0.986. The van der Waals surface area contributed by atoms with Crippen molar-refractivity contribution in [2.75, 3.05) is 25.0 Å². The van der Waals surface area contributed by atoms with E-state index in [-0.39, 0.29) is 11.9 Å². The molecule has 1 aromatic heterocycles. The molecule has 1 N–H and O–H groups in total. The molecule has 0 saturated carbocycles. The third-order valence-electron chi connectivity index (χ3n) is 3.66. The molecule has 114 valence electrons. The molecule has 0 aliphatic rings. The summed E-state index contributed by atoms with van der Waals surface area (Å²) in [6.45, 7) is 5.76. The van der Waals surface area contributed by atoms with Crippen molar-refractivity contribution < 1.29 is 4.39 Å². The molecule has 0 aliphatic heterocycles. The first-order valence-electron chi connectivity index (χ1n) is 7.38. The summed E-state index contributed by atoms with van der Waals surface area (Å²) >= 11 is 1.77. The highest BCUT2D eigenvalue weighted by Gasteiger charge is 2.17. The summed E-state index contributed by atoms with van der Waals surface area (Å²) in [5, 5.41) is 5.40. The van der Waals surface area contributed by atoms with Gasteiger partial charge >= 0.3 is 0 Å². The fourth-order valence-corrected chi connectivity index (χ4v) is 3.25. The molecule has 0 spiro atoms. The normalized spacial score (nSPS) is 12.4. The van der Waals surface area contributed by atoms with Crippen molar-refractivity contribution in [1.29, 1.82) is 0 Å². The van der Waals surface area contributed by atoms with Gasteiger partial charge in [-0.15, -0.1) is 11.3 Å². The van der Waals surface area contributed by atoms with Crippen molar-refractivity contribution in [3.05, 3.63) is 52.0 Å². The molecule has 0 radical (unpaired) electrons. The number of likely N-dealkylation sites (N-methyl/N-ethyl adjacent to an activating group) is 1. The van der Waals surface area contributed by atoms with Gasteiger partial charge < -0.3 is 10.2 Å². The lowest BCUT2D eigenvalue weighted by molar-refractivity contribution is 0.540. The van der Waals surface area contributed by atoms with Gasteiger partial charge in [-0.05, 0) is 43.5 Å². The lowest BCUT2D eigenvalue weighted by Gasteiger charge is -2.25. The molecular formula is C17H23FN2S. The Morgan fingerprint density at radius 3 is 2.76 bits per heavy atom. The Morgan fingerprint density at radius 2 is 2.10 bits per heavy atom. The fraction of sp³-hybridized carbons (Fsp3) is 0.412. The first-order valence-corrected chi connectivity index (χ1v) is 8.26. The van der Waals surface area contributed by atoms with E-state index in [0.717, 1.165) is 30.8 Å². The Kier molecular flexibility index (Phi) is 5.76. The Bertz CT molecular complexity index is 554. The van der Waals surface area contributed by atoms with E-state index in [1.807, 2.05) is 27.0 Å². The van der Waals surface area contributed by atoms with E-state index in [2.05, 4.69) is 27.7 Å². The van der Waals surface area contributed by atoms with Gasteiger partial charge in [-0.1, -0.05) is 19.1 Å². The molecule has 0 amide bonds. The summed E-state index contributed by atoms with van der Waals surface area (Å²) in [7, 11) is 2.03. The van der Waals surface area contributed by atoms with E-state index in [1.165, 1.54) is 4.88 Å². The predicted octanol–water partition coefficient (Wildman–Crippen LogP) is 4.24. The highest BCUT2D eigenvalue weighted by atomic mass is 32.1. The summed E-state index contributed by atoms with van der Waals surface area (Å²) < 4.78 is 14.2. The van der Waals surface area contributed by atoms with Gasteiger partial charge in [0.15, 0.2) is 0 Å². The zero-order chi connectivity index (χ0) is 15.2. The van der Waals surface area contributed by atoms with E-state index >= 15 is 0 Å². The van der Waals surface area contributed by atoms with Gasteiger partial charge in [-0.3, -0.25) is 0 Å². The zero-order valence-electron chi connectivity index (χ0n) is 12.9. The van der Waals surface area contributed by atoms with Crippen LogP contribution in [0.5, 0.6) is 0 Å². The SMILES string of the molecule is CCNC(C)c1c(F)cccc1N(C)CCc1cccs1. The van der Waals surface area contributed by atoms with Crippen LogP contribution in [0, 0.1) is 5.82 Å². The van der Waals surface area contributed by atoms with Crippen molar-refractivity contribution in [3.8, 4) is 0 Å². The topological polar surface area (TPSA) is 15.3 Å². The van der Waals surface area contributed by atoms with E-state index < -0.39 is 0 Å². The number of nitrogens with zero attached hydrogens (tertiary/aromatic N) is 1. The summed E-state index contributed by atoms with van der Waals surface area (Å²) in [6, 6.07) is 9.55. The second-order valence-electron chi connectivity index (χ2n) is 5.20. The number of rotatable bonds is 7. The Morgan fingerprint density at radius 1 is 1.29 bits per heavy atom. The molecule has 21 heavy (non-hydrogen) atoms. The molecule has 1 heterocycles. The smallest absolute Gasteiger partial charge is 0.130 e. The third-order valence-corrected chi connectivity index (χ3v) is 4.59. The Hall–Kier alpha value is -1.39. The number of hydrogen-bond acceptors (Lipinski definition) is 3. The number of hydrogen-bond donors (Lipinski definition) is 1. The maximum atomic E-state index is 14.2. The van der Waals surface area contributed by atoms with Crippen molar-refractivity contribution in [2.24, 2.45) is 0 Å². The fourth-order valence-electron chi connectivity index (χ4n) is 2.55. The minimum Gasteiger partial charge on any atom is -0.374 e. The molecule has 2 nitrogen and oxygen atoms in total. The summed E-state index contributed by atoms with van der Waals surface area (Å²) in [5.41, 5.74) is 1.73. The van der Waals surface area contributed by atoms with Crippen molar-refractivity contribution in [1.82, 2.24) is 5.32 Å². The van der Waals surface area contributed by atoms with Crippen LogP contribution >= 0.6 is 11.3 Å². The quantitative estimate of drug-likeness (QED) is 0.823. The van der Waals surface area contributed by atoms with Crippen molar-refractivity contribution in [2.45, 2.75) is 26.3 Å². The van der Waals surface area contributed by atoms with Crippen molar-refractivity contribution >= 4 is 17.0 Å². The highest BCUT2D eigenvalue weighted by molar-refractivity contribution is 7.09. The van der Waals surface area contributed by atoms with Crippen LogP contribution < -0.4 is 10.2 Å². The molecule has 0 saturated heterocycles. The molecule has 2 aromatic rings. The van der Waals surface area contributed by atoms with Gasteiger partial charge in [0.1, 0.15) is 5.82 Å². The maximum Gasteiger partial charge on any atom is 0.130 e. The van der Waals surface area contributed by atoms with Gasteiger partial charge in [0.25, 0.3) is 0 Å². The van der Waals surface area contributed by atoms with Crippen molar-refractivity contribution in [3.63, 3.8) is 0 Å². The molecule has 0 bridgehead atoms. The second-order valence-corrected chi connectivity index (χ2v) is 6.24. The van der Waals surface area contributed by atoms with E-state index in [9.17, 15) is 4.39 Å². The molecular weight excluding hydrogens is 283 g/mol. The standard InChI is InChI=1S/C17H23FN2S/c1-4-19-13(2)17-15(18)8-5-9-16(17)20(3)11-10-14-7-6-12-21-14/h5-9,12-13,19H,4,10-11H2,1-3H3. The molecule has 1 unspecified atom stereocenters. The van der Waals surface area contributed by atoms with Gasteiger partial charge in [0, 0.05) is 35.8 Å². The number of thiophene rings is 1. The number of nitrogens with one attached hydrogen (secondary N) is 1. The Labute approximate surface area is 130 Å². The molecule has 4 heteroatoms. The third kappa shape index (κ3) is 4.05. The van der Waals surface area contributed by atoms with E-state index in [0.29, 0.717) is 0 Å². The molecule has 2 rings (SSSR count). The van der Waals surface area contributed by atoms with Crippen LogP contribution in [-0.4, -0.2) is 20.1 Å². The largest absolute Gasteiger partial charge is 0.374 e. The monoisotopic (exact) mass is 306 g/mol. The van der Waals surface area contributed by atoms with Gasteiger partial charge in [0.2, 0.25) is 0 Å². The Balaban J connectivity index is 2.15. The van der Waals surface area contributed by atoms with E-state index in [4.69, 9.17) is 0 Å². The van der Waals surface area contributed by atoms with Crippen LogP contribution in [0.4, 0.5) is 10.1 Å². The minimum atomic E-state index is -0.135. The van der Waals surface area contributed by atoms with Gasteiger partial charge in [-0.25, -0.2) is 4.39 Å². The highest BCUT2D eigenvalue weighted by Crippen LogP contribution is 2.28. The van der Waals surface area contributed by atoms with Crippen LogP contribution in [-0.2, 0) is 6.42 Å². The average Bonchev–Trinajstić information content (AvgIpc) is 2.98. The molecule has 0 fully saturated rings. The number of benzene rings is 1. The average molecular weight is 306 g/mol. The van der Waals surface area contributed by atoms with Crippen LogP contribution in [0.15, 0.2) is 35.7 Å². The zero-order valence-corrected chi connectivity index (χ0v) is 13.7. The number of anilines is 1. The first kappa shape index (κ1) is 16.0. The predicted molar refractivity (Wildman–Crippen MR) is 89.8 cm³/mol. The molecule has 0 aliphatic carbocycles. The summed E-state index contributed by atoms with van der Waals surface area (Å²) in [5.74, 6) is -0.135. The first-order chi connectivity index (χ1) is 10.1. The van der Waals surface area contributed by atoms with Gasteiger partial charge in [-0.2, -0.15) is 0 Å². The van der Waals surface area contributed by atoms with E-state index in [1.54, 1.807) is 23.5 Å². The summed E-state index contributed by atoms with van der Waals surface area (Å²) in [4.78, 5) is 3.51. The van der Waals surface area contributed by atoms with Crippen LogP contribution in [0.3, 0.4) is 0 Å². The van der Waals surface area contributed by atoms with Crippen LogP contribution in [0.25, 0.3) is 0 Å². The lowest BCUT2D eigenvalue weighted by Crippen LogP contribution is -2.26. The maximum absolute atomic E-state index is 14.2. The molecule has 1 atom stereocenters. The number of halogens is 1. The van der Waals surface area contributed by atoms with Crippen LogP contribution in [0.2, 0.25) is 0 Å². The van der Waals surface area contributed by atoms with Gasteiger partial charge in [0.05, 0.1) is 0 Å².